The lowest BCUT2D eigenvalue weighted by atomic mass is 10.4. The van der Waals surface area contributed by atoms with Gasteiger partial charge in [-0.1, -0.05) is 58.0 Å². The molecule has 0 aliphatic heterocycles. The quantitative estimate of drug-likeness (QED) is 0.540. The van der Waals surface area contributed by atoms with Gasteiger partial charge in [0, 0.05) is 5.03 Å². The molecule has 0 aromatic rings. The fourth-order valence-corrected chi connectivity index (χ4v) is 0.542. The number of allylic oxidation sites excluding steroid dienone is 5. The van der Waals surface area contributed by atoms with E-state index >= 15 is 0 Å². The van der Waals surface area contributed by atoms with Crippen molar-refractivity contribution in [1.82, 2.24) is 0 Å². The fraction of sp³-hybridized carbons (Fsp3) is 0.455. The van der Waals surface area contributed by atoms with E-state index in [2.05, 4.69) is 6.58 Å². The van der Waals surface area contributed by atoms with Crippen LogP contribution in [-0.4, -0.2) is 0 Å². The van der Waals surface area contributed by atoms with Gasteiger partial charge in [0.05, 0.1) is 0 Å². The van der Waals surface area contributed by atoms with Crippen molar-refractivity contribution < 1.29 is 0 Å². The van der Waals surface area contributed by atoms with Crippen molar-refractivity contribution in [1.29, 1.82) is 0 Å². The number of hydrogen-bond donors (Lipinski definition) is 0. The minimum atomic E-state index is 0.711. The van der Waals surface area contributed by atoms with Crippen molar-refractivity contribution in [3.8, 4) is 0 Å². The molecule has 0 bridgehead atoms. The van der Waals surface area contributed by atoms with Gasteiger partial charge in [-0.2, -0.15) is 0 Å². The standard InChI is InChI=1S/C7H9Cl.2C2H6/c1-3-5-7(8)6-4-2;2*1-2/h3-6H,1H2,2H3;2*1-2H3/b6-4-,7-5+;;. The lowest BCUT2D eigenvalue weighted by Gasteiger charge is -1.79. The first-order valence-corrected chi connectivity index (χ1v) is 4.80. The van der Waals surface area contributed by atoms with E-state index in [0.717, 1.165) is 0 Å². The minimum absolute atomic E-state index is 0.711. The van der Waals surface area contributed by atoms with Crippen molar-refractivity contribution >= 4 is 11.6 Å². The molecule has 0 nitrogen and oxygen atoms in total. The number of halogens is 1. The maximum atomic E-state index is 5.58. The normalized spacial score (nSPS) is 9.33. The van der Waals surface area contributed by atoms with Gasteiger partial charge in [-0.3, -0.25) is 0 Å². The van der Waals surface area contributed by atoms with E-state index < -0.39 is 0 Å². The molecule has 0 fully saturated rings. The lowest BCUT2D eigenvalue weighted by Crippen LogP contribution is -1.56. The lowest BCUT2D eigenvalue weighted by molar-refractivity contribution is 1.50. The van der Waals surface area contributed by atoms with Crippen LogP contribution in [0.25, 0.3) is 0 Å². The van der Waals surface area contributed by atoms with Crippen molar-refractivity contribution in [3.63, 3.8) is 0 Å². The van der Waals surface area contributed by atoms with Gasteiger partial charge in [0.25, 0.3) is 0 Å². The zero-order valence-electron chi connectivity index (χ0n) is 8.89. The summed E-state index contributed by atoms with van der Waals surface area (Å²) >= 11 is 5.58. The zero-order valence-corrected chi connectivity index (χ0v) is 9.65. The fourth-order valence-electron chi connectivity index (χ4n) is 0.327. The third-order valence-electron chi connectivity index (χ3n) is 0.603. The molecule has 72 valence electrons. The Bertz CT molecular complexity index is 121. The molecule has 0 aromatic carbocycles. The molecule has 0 rings (SSSR count). The average Bonchev–Trinajstić information content (AvgIpc) is 2.12. The summed E-state index contributed by atoms with van der Waals surface area (Å²) in [5, 5.41) is 0.711. The van der Waals surface area contributed by atoms with Crippen LogP contribution in [0, 0.1) is 0 Å². The molecule has 0 radical (unpaired) electrons. The molecule has 0 heterocycles. The van der Waals surface area contributed by atoms with E-state index in [-0.39, 0.29) is 0 Å². The highest BCUT2D eigenvalue weighted by Gasteiger charge is 1.75. The van der Waals surface area contributed by atoms with Crippen LogP contribution in [0.4, 0.5) is 0 Å². The number of hydrogen-bond acceptors (Lipinski definition) is 0. The Morgan fingerprint density at radius 3 is 1.83 bits per heavy atom. The van der Waals surface area contributed by atoms with Crippen LogP contribution >= 0.6 is 11.6 Å². The summed E-state index contributed by atoms with van der Waals surface area (Å²) < 4.78 is 0. The first-order valence-electron chi connectivity index (χ1n) is 4.42. The monoisotopic (exact) mass is 188 g/mol. The van der Waals surface area contributed by atoms with E-state index in [1.807, 2.05) is 46.8 Å². The molecular weight excluding hydrogens is 168 g/mol. The van der Waals surface area contributed by atoms with Gasteiger partial charge >= 0.3 is 0 Å². The first kappa shape index (κ1) is 17.6. The smallest absolute Gasteiger partial charge is 0.0402 e. The van der Waals surface area contributed by atoms with Crippen LogP contribution in [0.3, 0.4) is 0 Å². The molecule has 0 amide bonds. The molecule has 0 atom stereocenters. The third kappa shape index (κ3) is 22.7. The predicted octanol–water partition coefficient (Wildman–Crippen LogP) is 4.92. The number of rotatable bonds is 2. The summed E-state index contributed by atoms with van der Waals surface area (Å²) in [6.07, 6.45) is 7.08. The van der Waals surface area contributed by atoms with Crippen molar-refractivity contribution in [2.75, 3.05) is 0 Å². The Balaban J connectivity index is -0.000000175. The summed E-state index contributed by atoms with van der Waals surface area (Å²) in [6.45, 7) is 13.4. The molecule has 0 N–H and O–H groups in total. The molecule has 0 spiro atoms. The van der Waals surface area contributed by atoms with Crippen LogP contribution in [0.5, 0.6) is 0 Å². The topological polar surface area (TPSA) is 0 Å². The molecular formula is C11H21Cl. The van der Waals surface area contributed by atoms with Crippen LogP contribution in [-0.2, 0) is 0 Å². The Hall–Kier alpha value is -0.490. The summed E-state index contributed by atoms with van der Waals surface area (Å²) in [4.78, 5) is 0. The molecule has 12 heavy (non-hydrogen) atoms. The summed E-state index contributed by atoms with van der Waals surface area (Å²) in [7, 11) is 0. The van der Waals surface area contributed by atoms with Gasteiger partial charge in [-0.15, -0.1) is 0 Å². The molecule has 1 heteroatoms. The third-order valence-corrected chi connectivity index (χ3v) is 0.855. The average molecular weight is 189 g/mol. The molecule has 0 aromatic heterocycles. The molecule has 0 unspecified atom stereocenters. The van der Waals surface area contributed by atoms with Crippen LogP contribution < -0.4 is 0 Å². The van der Waals surface area contributed by atoms with Crippen LogP contribution in [0.15, 0.2) is 35.9 Å². The molecule has 0 saturated heterocycles. The summed E-state index contributed by atoms with van der Waals surface area (Å²) in [5.74, 6) is 0. The Labute approximate surface area is 82.6 Å². The minimum Gasteiger partial charge on any atom is -0.0990 e. The van der Waals surface area contributed by atoms with E-state index in [4.69, 9.17) is 11.6 Å². The molecule has 0 saturated carbocycles. The van der Waals surface area contributed by atoms with Gasteiger partial charge in [0.1, 0.15) is 0 Å². The molecule has 0 aliphatic carbocycles. The summed E-state index contributed by atoms with van der Waals surface area (Å²) in [6, 6.07) is 0. The maximum Gasteiger partial charge on any atom is 0.0402 e. The van der Waals surface area contributed by atoms with E-state index in [1.54, 1.807) is 12.2 Å². The van der Waals surface area contributed by atoms with E-state index in [1.165, 1.54) is 0 Å². The van der Waals surface area contributed by atoms with Crippen molar-refractivity contribution in [2.24, 2.45) is 0 Å². The van der Waals surface area contributed by atoms with Gasteiger partial charge < -0.3 is 0 Å². The highest BCUT2D eigenvalue weighted by atomic mass is 35.5. The van der Waals surface area contributed by atoms with Crippen LogP contribution in [0.1, 0.15) is 34.6 Å². The Morgan fingerprint density at radius 1 is 1.17 bits per heavy atom. The highest BCUT2D eigenvalue weighted by molar-refractivity contribution is 6.31. The van der Waals surface area contributed by atoms with Gasteiger partial charge in [-0.05, 0) is 19.1 Å². The highest BCUT2D eigenvalue weighted by Crippen LogP contribution is 2.01. The van der Waals surface area contributed by atoms with Gasteiger partial charge in [0.15, 0.2) is 0 Å². The zero-order chi connectivity index (χ0) is 10.4. The SMILES string of the molecule is C=C/C=C(Cl)\C=C/C.CC.CC. The van der Waals surface area contributed by atoms with E-state index in [0.29, 0.717) is 5.03 Å². The second-order valence-corrected chi connectivity index (χ2v) is 1.72. The van der Waals surface area contributed by atoms with Gasteiger partial charge in [-0.25, -0.2) is 0 Å². The van der Waals surface area contributed by atoms with Crippen LogP contribution in [0.2, 0.25) is 0 Å². The second-order valence-electron chi connectivity index (χ2n) is 1.29. The predicted molar refractivity (Wildman–Crippen MR) is 61.6 cm³/mol. The first-order chi connectivity index (χ1) is 5.81. The Kier molecular flexibility index (Phi) is 32.8. The van der Waals surface area contributed by atoms with Crippen molar-refractivity contribution in [3.05, 3.63) is 35.9 Å². The second kappa shape index (κ2) is 22.4. The molecule has 0 aliphatic rings. The largest absolute Gasteiger partial charge is 0.0990 e. The summed E-state index contributed by atoms with van der Waals surface area (Å²) in [5.41, 5.74) is 0. The van der Waals surface area contributed by atoms with Gasteiger partial charge in [0.2, 0.25) is 0 Å². The Morgan fingerprint density at radius 2 is 1.58 bits per heavy atom. The van der Waals surface area contributed by atoms with E-state index in [9.17, 15) is 0 Å². The maximum absolute atomic E-state index is 5.58. The van der Waals surface area contributed by atoms with Crippen molar-refractivity contribution in [2.45, 2.75) is 34.6 Å².